The average Bonchev–Trinajstić information content (AvgIpc) is 3.12. The summed E-state index contributed by atoms with van der Waals surface area (Å²) in [6.45, 7) is 0.827. The fourth-order valence-corrected chi connectivity index (χ4v) is 2.56. The number of aryl methyl sites for hydroxylation is 1. The van der Waals surface area contributed by atoms with Crippen molar-refractivity contribution in [3.63, 3.8) is 0 Å². The van der Waals surface area contributed by atoms with Crippen molar-refractivity contribution in [2.75, 3.05) is 5.88 Å². The van der Waals surface area contributed by atoms with Crippen molar-refractivity contribution in [3.05, 3.63) is 29.6 Å². The van der Waals surface area contributed by atoms with E-state index in [2.05, 4.69) is 4.98 Å². The minimum Gasteiger partial charge on any atom is -0.328 e. The van der Waals surface area contributed by atoms with Gasteiger partial charge in [-0.05, 0) is 37.0 Å². The molecule has 0 amide bonds. The predicted octanol–water partition coefficient (Wildman–Crippen LogP) is 4.25. The lowest BCUT2D eigenvalue weighted by atomic mass is 10.2. The second-order valence-electron chi connectivity index (χ2n) is 5.22. The van der Waals surface area contributed by atoms with Crippen LogP contribution in [0.15, 0.2) is 18.2 Å². The lowest BCUT2D eigenvalue weighted by Gasteiger charge is -2.08. The van der Waals surface area contributed by atoms with E-state index in [0.29, 0.717) is 23.7 Å². The van der Waals surface area contributed by atoms with E-state index >= 15 is 0 Å². The molecular weight excluding hydrogens is 289 g/mol. The Morgan fingerprint density at radius 1 is 1.30 bits per heavy atom. The summed E-state index contributed by atoms with van der Waals surface area (Å²) in [5.41, 5.74) is 0.518. The van der Waals surface area contributed by atoms with E-state index in [1.54, 1.807) is 0 Å². The largest absolute Gasteiger partial charge is 0.416 e. The standard InChI is InChI=1S/C14H14ClF3N2/c15-6-5-13-19-11-7-10(14(16,17)18)3-4-12(11)20(13)8-9-1-2-9/h3-4,7,9H,1-2,5-6,8H2. The molecule has 1 fully saturated rings. The molecule has 1 aliphatic carbocycles. The molecule has 0 bridgehead atoms. The molecule has 0 aliphatic heterocycles. The Labute approximate surface area is 119 Å². The highest BCUT2D eigenvalue weighted by Crippen LogP contribution is 2.34. The maximum atomic E-state index is 12.7. The zero-order chi connectivity index (χ0) is 14.3. The highest BCUT2D eigenvalue weighted by Gasteiger charge is 2.31. The van der Waals surface area contributed by atoms with Crippen LogP contribution in [0, 0.1) is 5.92 Å². The first-order valence-corrected chi connectivity index (χ1v) is 7.15. The highest BCUT2D eigenvalue weighted by molar-refractivity contribution is 6.17. The van der Waals surface area contributed by atoms with Gasteiger partial charge in [-0.2, -0.15) is 13.2 Å². The molecule has 1 heterocycles. The van der Waals surface area contributed by atoms with Crippen molar-refractivity contribution < 1.29 is 13.2 Å². The van der Waals surface area contributed by atoms with E-state index in [-0.39, 0.29) is 0 Å². The molecular formula is C14H14ClF3N2. The van der Waals surface area contributed by atoms with E-state index in [4.69, 9.17) is 11.6 Å². The number of fused-ring (bicyclic) bond motifs is 1. The molecule has 1 aromatic carbocycles. The van der Waals surface area contributed by atoms with Crippen LogP contribution in [0.1, 0.15) is 24.2 Å². The van der Waals surface area contributed by atoms with Gasteiger partial charge in [0.1, 0.15) is 5.82 Å². The topological polar surface area (TPSA) is 17.8 Å². The van der Waals surface area contributed by atoms with Gasteiger partial charge in [0.2, 0.25) is 0 Å². The fourth-order valence-electron chi connectivity index (χ4n) is 2.39. The Morgan fingerprint density at radius 2 is 2.05 bits per heavy atom. The van der Waals surface area contributed by atoms with Crippen molar-refractivity contribution in [3.8, 4) is 0 Å². The second-order valence-corrected chi connectivity index (χ2v) is 5.60. The molecule has 0 unspecified atom stereocenters. The van der Waals surface area contributed by atoms with E-state index in [1.165, 1.54) is 18.9 Å². The molecule has 0 spiro atoms. The predicted molar refractivity (Wildman–Crippen MR) is 71.9 cm³/mol. The van der Waals surface area contributed by atoms with Gasteiger partial charge in [0.15, 0.2) is 0 Å². The van der Waals surface area contributed by atoms with Crippen LogP contribution in [-0.4, -0.2) is 15.4 Å². The van der Waals surface area contributed by atoms with Gasteiger partial charge in [-0.3, -0.25) is 0 Å². The Hall–Kier alpha value is -1.23. The molecule has 3 rings (SSSR count). The van der Waals surface area contributed by atoms with Crippen LogP contribution in [-0.2, 0) is 19.1 Å². The number of aromatic nitrogens is 2. The number of alkyl halides is 4. The molecule has 0 N–H and O–H groups in total. The first kappa shape index (κ1) is 13.7. The van der Waals surface area contributed by atoms with Gasteiger partial charge >= 0.3 is 6.18 Å². The lowest BCUT2D eigenvalue weighted by molar-refractivity contribution is -0.137. The third-order valence-corrected chi connectivity index (χ3v) is 3.80. The van der Waals surface area contributed by atoms with Gasteiger partial charge in [-0.25, -0.2) is 4.98 Å². The summed E-state index contributed by atoms with van der Waals surface area (Å²) in [6.07, 6.45) is -1.40. The summed E-state index contributed by atoms with van der Waals surface area (Å²) in [5, 5.41) is 0. The van der Waals surface area contributed by atoms with Crippen LogP contribution in [0.25, 0.3) is 11.0 Å². The van der Waals surface area contributed by atoms with Crippen molar-refractivity contribution in [1.29, 1.82) is 0 Å². The Kier molecular flexibility index (Phi) is 3.40. The molecule has 1 saturated carbocycles. The van der Waals surface area contributed by atoms with E-state index < -0.39 is 11.7 Å². The molecule has 0 saturated heterocycles. The van der Waals surface area contributed by atoms with Crippen LogP contribution >= 0.6 is 11.6 Å². The fraction of sp³-hybridized carbons (Fsp3) is 0.500. The van der Waals surface area contributed by atoms with E-state index in [0.717, 1.165) is 30.0 Å². The molecule has 6 heteroatoms. The monoisotopic (exact) mass is 302 g/mol. The maximum absolute atomic E-state index is 12.7. The summed E-state index contributed by atoms with van der Waals surface area (Å²) in [5.74, 6) is 1.82. The molecule has 2 nitrogen and oxygen atoms in total. The van der Waals surface area contributed by atoms with Crippen molar-refractivity contribution in [1.82, 2.24) is 9.55 Å². The summed E-state index contributed by atoms with van der Waals surface area (Å²) in [7, 11) is 0. The third kappa shape index (κ3) is 2.64. The number of halogens is 4. The van der Waals surface area contributed by atoms with Crippen LogP contribution in [0.5, 0.6) is 0 Å². The number of imidazole rings is 1. The summed E-state index contributed by atoms with van der Waals surface area (Å²) in [6, 6.07) is 3.76. The van der Waals surface area contributed by atoms with E-state index in [9.17, 15) is 13.2 Å². The van der Waals surface area contributed by atoms with Gasteiger partial charge in [0.05, 0.1) is 16.6 Å². The van der Waals surface area contributed by atoms with E-state index in [1.807, 2.05) is 4.57 Å². The smallest absolute Gasteiger partial charge is 0.328 e. The first-order valence-electron chi connectivity index (χ1n) is 6.61. The Bertz CT molecular complexity index is 629. The summed E-state index contributed by atoms with van der Waals surface area (Å²) < 4.78 is 40.2. The molecule has 108 valence electrons. The third-order valence-electron chi connectivity index (χ3n) is 3.61. The van der Waals surface area contributed by atoms with Gasteiger partial charge in [0, 0.05) is 18.8 Å². The van der Waals surface area contributed by atoms with Crippen LogP contribution in [0.3, 0.4) is 0 Å². The normalized spacial score (nSPS) is 16.0. The number of nitrogens with zero attached hydrogens (tertiary/aromatic N) is 2. The van der Waals surface area contributed by atoms with Crippen molar-refractivity contribution in [2.24, 2.45) is 5.92 Å². The Morgan fingerprint density at radius 3 is 2.65 bits per heavy atom. The van der Waals surface area contributed by atoms with Crippen molar-refractivity contribution in [2.45, 2.75) is 32.0 Å². The van der Waals surface area contributed by atoms with Crippen molar-refractivity contribution >= 4 is 22.6 Å². The van der Waals surface area contributed by atoms with Gasteiger partial charge in [-0.1, -0.05) is 0 Å². The summed E-state index contributed by atoms with van der Waals surface area (Å²) >= 11 is 5.76. The molecule has 20 heavy (non-hydrogen) atoms. The summed E-state index contributed by atoms with van der Waals surface area (Å²) in [4.78, 5) is 4.34. The van der Waals surface area contributed by atoms with Gasteiger partial charge in [0.25, 0.3) is 0 Å². The average molecular weight is 303 g/mol. The van der Waals surface area contributed by atoms with Crippen LogP contribution in [0.4, 0.5) is 13.2 Å². The number of hydrogen-bond acceptors (Lipinski definition) is 1. The van der Waals surface area contributed by atoms with Gasteiger partial charge < -0.3 is 4.57 Å². The Balaban J connectivity index is 2.07. The number of hydrogen-bond donors (Lipinski definition) is 0. The quantitative estimate of drug-likeness (QED) is 0.772. The van der Waals surface area contributed by atoms with Crippen LogP contribution in [0.2, 0.25) is 0 Å². The molecule has 1 aliphatic rings. The number of rotatable bonds is 4. The highest BCUT2D eigenvalue weighted by atomic mass is 35.5. The maximum Gasteiger partial charge on any atom is 0.416 e. The zero-order valence-corrected chi connectivity index (χ0v) is 11.5. The molecule has 2 aromatic rings. The first-order chi connectivity index (χ1) is 9.49. The minimum atomic E-state index is -4.33. The molecule has 1 aromatic heterocycles. The van der Waals surface area contributed by atoms with Crippen LogP contribution < -0.4 is 0 Å². The lowest BCUT2D eigenvalue weighted by Crippen LogP contribution is -2.06. The number of benzene rings is 1. The SMILES string of the molecule is FC(F)(F)c1ccc2c(c1)nc(CCCl)n2CC1CC1. The second kappa shape index (κ2) is 4.95. The van der Waals surface area contributed by atoms with Gasteiger partial charge in [-0.15, -0.1) is 11.6 Å². The molecule has 0 atom stereocenters. The zero-order valence-electron chi connectivity index (χ0n) is 10.8. The molecule has 0 radical (unpaired) electrons. The minimum absolute atomic E-state index is 0.403.